The molecular formula is C7H8N2O3S. The summed E-state index contributed by atoms with van der Waals surface area (Å²) >= 11 is 0. The Morgan fingerprint density at radius 2 is 1.77 bits per heavy atom. The van der Waals surface area contributed by atoms with E-state index >= 15 is 0 Å². The molecule has 1 rings (SSSR count). The van der Waals surface area contributed by atoms with E-state index < -0.39 is 10.1 Å². The molecule has 6 heteroatoms. The van der Waals surface area contributed by atoms with Crippen molar-refractivity contribution in [3.63, 3.8) is 0 Å². The first kappa shape index (κ1) is 9.82. The maximum atomic E-state index is 10.6. The molecule has 1 N–H and O–H groups in total. The lowest BCUT2D eigenvalue weighted by Crippen LogP contribution is -1.96. The fourth-order valence-corrected chi connectivity index (χ4v) is 1.28. The zero-order valence-electron chi connectivity index (χ0n) is 6.88. The van der Waals surface area contributed by atoms with Crippen molar-refractivity contribution in [2.75, 3.05) is 7.05 Å². The van der Waals surface area contributed by atoms with Gasteiger partial charge in [-0.25, -0.2) is 0 Å². The van der Waals surface area contributed by atoms with Gasteiger partial charge in [-0.15, -0.1) is 0 Å². The third-order valence-corrected chi connectivity index (χ3v) is 2.22. The molecule has 0 amide bonds. The Balaban J connectivity index is 3.08. The molecule has 1 aromatic carbocycles. The lowest BCUT2D eigenvalue weighted by atomic mass is 10.3. The zero-order valence-corrected chi connectivity index (χ0v) is 7.69. The highest BCUT2D eigenvalue weighted by Crippen LogP contribution is 2.15. The molecule has 0 fully saturated rings. The molecule has 0 aromatic heterocycles. The van der Waals surface area contributed by atoms with E-state index in [9.17, 15) is 8.42 Å². The summed E-state index contributed by atoms with van der Waals surface area (Å²) in [5.41, 5.74) is 0.537. The van der Waals surface area contributed by atoms with E-state index in [1.165, 1.54) is 31.3 Å². The maximum Gasteiger partial charge on any atom is 0.294 e. The Morgan fingerprint density at radius 3 is 2.15 bits per heavy atom. The molecule has 0 saturated heterocycles. The molecule has 0 bridgehead atoms. The topological polar surface area (TPSA) is 79.1 Å². The van der Waals surface area contributed by atoms with E-state index in [4.69, 9.17) is 4.55 Å². The van der Waals surface area contributed by atoms with Crippen molar-refractivity contribution in [2.24, 2.45) is 10.2 Å². The van der Waals surface area contributed by atoms with Crippen LogP contribution in [0, 0.1) is 0 Å². The monoisotopic (exact) mass is 200 g/mol. The number of azo groups is 1. The van der Waals surface area contributed by atoms with Gasteiger partial charge in [0.1, 0.15) is 0 Å². The molecule has 0 aliphatic rings. The van der Waals surface area contributed by atoms with Crippen LogP contribution in [0.3, 0.4) is 0 Å². The van der Waals surface area contributed by atoms with Crippen LogP contribution in [0.1, 0.15) is 0 Å². The average Bonchev–Trinajstić information content (AvgIpc) is 2.04. The number of hydrogen-bond acceptors (Lipinski definition) is 4. The van der Waals surface area contributed by atoms with Gasteiger partial charge < -0.3 is 0 Å². The standard InChI is InChI=1S/C7H8N2O3S/c1-8-9-6-2-4-7(5-3-6)13(10,11)12/h2-5H,1H3,(H,10,11,12)/b9-8+. The van der Waals surface area contributed by atoms with E-state index in [2.05, 4.69) is 10.2 Å². The summed E-state index contributed by atoms with van der Waals surface area (Å²) in [5.74, 6) is 0. The van der Waals surface area contributed by atoms with Crippen molar-refractivity contribution in [1.29, 1.82) is 0 Å². The van der Waals surface area contributed by atoms with Crippen LogP contribution >= 0.6 is 0 Å². The molecule has 13 heavy (non-hydrogen) atoms. The van der Waals surface area contributed by atoms with Crippen LogP contribution in [0.2, 0.25) is 0 Å². The zero-order chi connectivity index (χ0) is 9.90. The molecule has 70 valence electrons. The number of hydrogen-bond donors (Lipinski definition) is 1. The van der Waals surface area contributed by atoms with Gasteiger partial charge >= 0.3 is 0 Å². The summed E-state index contributed by atoms with van der Waals surface area (Å²) in [7, 11) is -2.60. The second-order valence-corrected chi connectivity index (χ2v) is 3.69. The third-order valence-electron chi connectivity index (χ3n) is 1.35. The van der Waals surface area contributed by atoms with Gasteiger partial charge in [0.25, 0.3) is 10.1 Å². The van der Waals surface area contributed by atoms with E-state index in [0.717, 1.165) is 0 Å². The summed E-state index contributed by atoms with van der Waals surface area (Å²) in [6, 6.07) is 5.44. The molecule has 0 saturated carbocycles. The summed E-state index contributed by atoms with van der Waals surface area (Å²) in [6.07, 6.45) is 0. The first-order valence-corrected chi connectivity index (χ1v) is 4.85. The maximum absolute atomic E-state index is 10.6. The Hall–Kier alpha value is -1.27. The normalized spacial score (nSPS) is 12.2. The van der Waals surface area contributed by atoms with Crippen molar-refractivity contribution in [3.8, 4) is 0 Å². The minimum atomic E-state index is -4.11. The molecule has 0 aliphatic carbocycles. The second-order valence-electron chi connectivity index (χ2n) is 2.27. The van der Waals surface area contributed by atoms with Gasteiger partial charge in [0.05, 0.1) is 10.6 Å². The van der Waals surface area contributed by atoms with Gasteiger partial charge in [-0.1, -0.05) is 0 Å². The quantitative estimate of drug-likeness (QED) is 0.582. The van der Waals surface area contributed by atoms with Gasteiger partial charge in [0, 0.05) is 7.05 Å². The van der Waals surface area contributed by atoms with Crippen LogP contribution < -0.4 is 0 Å². The predicted octanol–water partition coefficient (Wildman–Crippen LogP) is 1.65. The van der Waals surface area contributed by atoms with Gasteiger partial charge in [0.15, 0.2) is 0 Å². The first-order valence-electron chi connectivity index (χ1n) is 3.41. The molecule has 5 nitrogen and oxygen atoms in total. The van der Waals surface area contributed by atoms with Crippen LogP contribution in [0.5, 0.6) is 0 Å². The molecule has 1 aromatic rings. The highest BCUT2D eigenvalue weighted by molar-refractivity contribution is 7.85. The Bertz CT molecular complexity index is 408. The molecule has 0 radical (unpaired) electrons. The van der Waals surface area contributed by atoms with Crippen molar-refractivity contribution >= 4 is 15.8 Å². The molecule has 0 heterocycles. The van der Waals surface area contributed by atoms with Crippen molar-refractivity contribution in [2.45, 2.75) is 4.90 Å². The lowest BCUT2D eigenvalue weighted by molar-refractivity contribution is 0.483. The van der Waals surface area contributed by atoms with Crippen molar-refractivity contribution in [1.82, 2.24) is 0 Å². The fraction of sp³-hybridized carbons (Fsp3) is 0.143. The van der Waals surface area contributed by atoms with Crippen LogP contribution in [-0.2, 0) is 10.1 Å². The summed E-state index contributed by atoms with van der Waals surface area (Å²) in [6.45, 7) is 0. The molecule has 0 spiro atoms. The average molecular weight is 200 g/mol. The van der Waals surface area contributed by atoms with Crippen LogP contribution in [0.4, 0.5) is 5.69 Å². The Kier molecular flexibility index (Phi) is 2.74. The number of nitrogens with zero attached hydrogens (tertiary/aromatic N) is 2. The van der Waals surface area contributed by atoms with E-state index in [1.54, 1.807) is 0 Å². The van der Waals surface area contributed by atoms with E-state index in [-0.39, 0.29) is 4.90 Å². The number of rotatable bonds is 2. The minimum absolute atomic E-state index is 0.150. The first-order chi connectivity index (χ1) is 6.04. The lowest BCUT2D eigenvalue weighted by Gasteiger charge is -1.95. The summed E-state index contributed by atoms with van der Waals surface area (Å²) in [5, 5.41) is 7.19. The van der Waals surface area contributed by atoms with Crippen LogP contribution in [-0.4, -0.2) is 20.0 Å². The summed E-state index contributed by atoms with van der Waals surface area (Å²) in [4.78, 5) is -0.150. The smallest absolute Gasteiger partial charge is 0.282 e. The third kappa shape index (κ3) is 2.60. The Morgan fingerprint density at radius 1 is 1.23 bits per heavy atom. The van der Waals surface area contributed by atoms with Gasteiger partial charge in [0.2, 0.25) is 0 Å². The molecular weight excluding hydrogens is 192 g/mol. The van der Waals surface area contributed by atoms with Gasteiger partial charge in [-0.3, -0.25) is 4.55 Å². The summed E-state index contributed by atoms with van der Waals surface area (Å²) < 4.78 is 29.8. The van der Waals surface area contributed by atoms with Gasteiger partial charge in [-0.05, 0) is 24.3 Å². The minimum Gasteiger partial charge on any atom is -0.282 e. The van der Waals surface area contributed by atoms with E-state index in [1.807, 2.05) is 0 Å². The van der Waals surface area contributed by atoms with E-state index in [0.29, 0.717) is 5.69 Å². The highest BCUT2D eigenvalue weighted by atomic mass is 32.2. The van der Waals surface area contributed by atoms with Crippen LogP contribution in [0.25, 0.3) is 0 Å². The van der Waals surface area contributed by atoms with Crippen molar-refractivity contribution < 1.29 is 13.0 Å². The van der Waals surface area contributed by atoms with Crippen LogP contribution in [0.15, 0.2) is 39.4 Å². The highest BCUT2D eigenvalue weighted by Gasteiger charge is 2.07. The number of benzene rings is 1. The Labute approximate surface area is 75.9 Å². The molecule has 0 atom stereocenters. The van der Waals surface area contributed by atoms with Gasteiger partial charge in [-0.2, -0.15) is 18.6 Å². The molecule has 0 unspecified atom stereocenters. The van der Waals surface area contributed by atoms with Crippen molar-refractivity contribution in [3.05, 3.63) is 24.3 Å². The fourth-order valence-electron chi connectivity index (χ4n) is 0.800. The largest absolute Gasteiger partial charge is 0.294 e. The second kappa shape index (κ2) is 3.63. The SMILES string of the molecule is C/N=N/c1ccc(S(=O)(=O)O)cc1. The predicted molar refractivity (Wildman–Crippen MR) is 46.7 cm³/mol. The molecule has 0 aliphatic heterocycles.